The van der Waals surface area contributed by atoms with Crippen LogP contribution in [-0.4, -0.2) is 24.3 Å². The van der Waals surface area contributed by atoms with E-state index in [-0.39, 0.29) is 0 Å². The number of unbranched alkanes of at least 4 members (excludes halogenated alkanes) is 4. The molecule has 1 rings (SSSR count). The van der Waals surface area contributed by atoms with Gasteiger partial charge in [0.1, 0.15) is 0 Å². The molecule has 3 heteroatoms. The number of hydrogen-bond donors (Lipinski definition) is 1. The summed E-state index contributed by atoms with van der Waals surface area (Å²) in [7, 11) is 0. The molecule has 1 aliphatic rings. The number of ether oxygens (including phenoxy) is 1. The second-order valence-electron chi connectivity index (χ2n) is 4.07. The van der Waals surface area contributed by atoms with Crippen LogP contribution in [0.15, 0.2) is 12.2 Å². The zero-order valence-corrected chi connectivity index (χ0v) is 9.15. The molecule has 1 heterocycles. The standard InChI is InChI=1S/C12H20O3/c13-12(14)8-6-4-2-1-3-5-7-11-9-15-10-11/h5,7,11H,1-4,6,8-10H2,(H,13,14). The Morgan fingerprint density at radius 1 is 1.27 bits per heavy atom. The Balaban J connectivity index is 1.80. The molecular weight excluding hydrogens is 192 g/mol. The average Bonchev–Trinajstić information content (AvgIpc) is 2.12. The Morgan fingerprint density at radius 2 is 2.00 bits per heavy atom. The third-order valence-electron chi connectivity index (χ3n) is 2.58. The highest BCUT2D eigenvalue weighted by atomic mass is 16.5. The third-order valence-corrected chi connectivity index (χ3v) is 2.58. The minimum atomic E-state index is -0.681. The summed E-state index contributed by atoms with van der Waals surface area (Å²) in [5.41, 5.74) is 0. The lowest BCUT2D eigenvalue weighted by Gasteiger charge is -2.22. The molecule has 0 bridgehead atoms. The van der Waals surface area contributed by atoms with Crippen LogP contribution in [0.2, 0.25) is 0 Å². The van der Waals surface area contributed by atoms with E-state index in [9.17, 15) is 4.79 Å². The minimum Gasteiger partial charge on any atom is -0.481 e. The van der Waals surface area contributed by atoms with E-state index in [2.05, 4.69) is 12.2 Å². The maximum atomic E-state index is 10.2. The van der Waals surface area contributed by atoms with Crippen LogP contribution in [0.5, 0.6) is 0 Å². The summed E-state index contributed by atoms with van der Waals surface area (Å²) >= 11 is 0. The summed E-state index contributed by atoms with van der Waals surface area (Å²) in [4.78, 5) is 10.2. The molecule has 15 heavy (non-hydrogen) atoms. The fourth-order valence-corrected chi connectivity index (χ4v) is 1.55. The maximum Gasteiger partial charge on any atom is 0.303 e. The monoisotopic (exact) mass is 212 g/mol. The first kappa shape index (κ1) is 12.2. The minimum absolute atomic E-state index is 0.315. The average molecular weight is 212 g/mol. The largest absolute Gasteiger partial charge is 0.481 e. The van der Waals surface area contributed by atoms with Gasteiger partial charge in [0.2, 0.25) is 0 Å². The van der Waals surface area contributed by atoms with Crippen molar-refractivity contribution in [2.75, 3.05) is 13.2 Å². The van der Waals surface area contributed by atoms with Gasteiger partial charge < -0.3 is 9.84 Å². The molecule has 0 aromatic heterocycles. The second-order valence-corrected chi connectivity index (χ2v) is 4.07. The van der Waals surface area contributed by atoms with Crippen LogP contribution in [0.25, 0.3) is 0 Å². The molecule has 0 radical (unpaired) electrons. The van der Waals surface area contributed by atoms with Gasteiger partial charge in [-0.05, 0) is 19.3 Å². The highest BCUT2D eigenvalue weighted by Gasteiger charge is 2.13. The van der Waals surface area contributed by atoms with Gasteiger partial charge in [-0.3, -0.25) is 4.79 Å². The van der Waals surface area contributed by atoms with Crippen LogP contribution in [0.1, 0.15) is 38.5 Å². The van der Waals surface area contributed by atoms with E-state index in [1.54, 1.807) is 0 Å². The van der Waals surface area contributed by atoms with Crippen molar-refractivity contribution in [2.24, 2.45) is 5.92 Å². The molecule has 86 valence electrons. The van der Waals surface area contributed by atoms with Crippen LogP contribution in [0, 0.1) is 5.92 Å². The highest BCUT2D eigenvalue weighted by molar-refractivity contribution is 5.66. The number of rotatable bonds is 8. The molecule has 1 aliphatic heterocycles. The smallest absolute Gasteiger partial charge is 0.303 e. The molecule has 0 atom stereocenters. The van der Waals surface area contributed by atoms with Gasteiger partial charge in [-0.1, -0.05) is 25.0 Å². The Bertz CT molecular complexity index is 207. The van der Waals surface area contributed by atoms with Crippen molar-refractivity contribution >= 4 is 5.97 Å². The molecule has 1 fully saturated rings. The second kappa shape index (κ2) is 7.46. The van der Waals surface area contributed by atoms with Gasteiger partial charge in [0, 0.05) is 12.3 Å². The van der Waals surface area contributed by atoms with Gasteiger partial charge in [0.25, 0.3) is 0 Å². The number of aliphatic carboxylic acids is 1. The first-order valence-corrected chi connectivity index (χ1v) is 5.75. The predicted octanol–water partition coefficient (Wildman–Crippen LogP) is 2.61. The molecule has 3 nitrogen and oxygen atoms in total. The molecule has 0 amide bonds. The van der Waals surface area contributed by atoms with Gasteiger partial charge in [0.05, 0.1) is 13.2 Å². The molecule has 0 aromatic rings. The van der Waals surface area contributed by atoms with Crippen molar-refractivity contribution in [2.45, 2.75) is 38.5 Å². The van der Waals surface area contributed by atoms with Gasteiger partial charge in [-0.25, -0.2) is 0 Å². The van der Waals surface area contributed by atoms with Gasteiger partial charge in [-0.2, -0.15) is 0 Å². The van der Waals surface area contributed by atoms with E-state index in [4.69, 9.17) is 9.84 Å². The SMILES string of the molecule is O=C(O)CCCCCCC=CC1COC1. The van der Waals surface area contributed by atoms with Crippen molar-refractivity contribution < 1.29 is 14.6 Å². The lowest BCUT2D eigenvalue weighted by atomic mass is 10.1. The molecule has 1 saturated heterocycles. The van der Waals surface area contributed by atoms with Crippen LogP contribution in [0.4, 0.5) is 0 Å². The predicted molar refractivity (Wildman–Crippen MR) is 58.8 cm³/mol. The maximum absolute atomic E-state index is 10.2. The van der Waals surface area contributed by atoms with Gasteiger partial charge in [0.15, 0.2) is 0 Å². The van der Waals surface area contributed by atoms with E-state index in [0.717, 1.165) is 38.9 Å². The number of hydrogen-bond acceptors (Lipinski definition) is 2. The van der Waals surface area contributed by atoms with E-state index in [1.807, 2.05) is 0 Å². The van der Waals surface area contributed by atoms with Crippen molar-refractivity contribution in [1.29, 1.82) is 0 Å². The molecule has 0 aromatic carbocycles. The third kappa shape index (κ3) is 6.28. The first-order chi connectivity index (χ1) is 7.29. The lowest BCUT2D eigenvalue weighted by molar-refractivity contribution is -0.137. The Kier molecular flexibility index (Phi) is 6.09. The highest BCUT2D eigenvalue weighted by Crippen LogP contribution is 2.12. The number of allylic oxidation sites excluding steroid dienone is 1. The Hall–Kier alpha value is -0.830. The van der Waals surface area contributed by atoms with E-state index in [1.165, 1.54) is 6.42 Å². The van der Waals surface area contributed by atoms with Crippen LogP contribution < -0.4 is 0 Å². The Labute approximate surface area is 91.1 Å². The summed E-state index contributed by atoms with van der Waals surface area (Å²) < 4.78 is 5.06. The quantitative estimate of drug-likeness (QED) is 0.497. The Morgan fingerprint density at radius 3 is 2.60 bits per heavy atom. The molecule has 0 unspecified atom stereocenters. The fraction of sp³-hybridized carbons (Fsp3) is 0.750. The van der Waals surface area contributed by atoms with Crippen LogP contribution >= 0.6 is 0 Å². The lowest BCUT2D eigenvalue weighted by Crippen LogP contribution is -2.25. The zero-order chi connectivity index (χ0) is 10.9. The summed E-state index contributed by atoms with van der Waals surface area (Å²) in [6, 6.07) is 0. The molecule has 0 spiro atoms. The van der Waals surface area contributed by atoms with Crippen molar-refractivity contribution in [3.63, 3.8) is 0 Å². The van der Waals surface area contributed by atoms with E-state index < -0.39 is 5.97 Å². The summed E-state index contributed by atoms with van der Waals surface area (Å²) in [6.07, 6.45) is 10.1. The van der Waals surface area contributed by atoms with Crippen LogP contribution in [-0.2, 0) is 9.53 Å². The van der Waals surface area contributed by atoms with Crippen molar-refractivity contribution in [1.82, 2.24) is 0 Å². The zero-order valence-electron chi connectivity index (χ0n) is 9.15. The number of carboxylic acids is 1. The van der Waals surface area contributed by atoms with E-state index >= 15 is 0 Å². The number of carboxylic acid groups (broad SMARTS) is 1. The van der Waals surface area contributed by atoms with Gasteiger partial charge in [-0.15, -0.1) is 0 Å². The fourth-order valence-electron chi connectivity index (χ4n) is 1.55. The van der Waals surface area contributed by atoms with E-state index in [0.29, 0.717) is 12.3 Å². The first-order valence-electron chi connectivity index (χ1n) is 5.75. The molecule has 1 N–H and O–H groups in total. The molecular formula is C12H20O3. The summed E-state index contributed by atoms with van der Waals surface area (Å²) in [5, 5.41) is 8.43. The van der Waals surface area contributed by atoms with Gasteiger partial charge >= 0.3 is 5.97 Å². The summed E-state index contributed by atoms with van der Waals surface area (Å²) in [5.74, 6) is -0.0307. The number of carbonyl (C=O) groups is 1. The van der Waals surface area contributed by atoms with Crippen molar-refractivity contribution in [3.05, 3.63) is 12.2 Å². The summed E-state index contributed by atoms with van der Waals surface area (Å²) in [6.45, 7) is 1.77. The topological polar surface area (TPSA) is 46.5 Å². The van der Waals surface area contributed by atoms with Crippen molar-refractivity contribution in [3.8, 4) is 0 Å². The molecule has 0 aliphatic carbocycles. The van der Waals surface area contributed by atoms with Crippen LogP contribution in [0.3, 0.4) is 0 Å². The normalized spacial score (nSPS) is 16.8. The molecule has 0 saturated carbocycles.